The highest BCUT2D eigenvalue weighted by Crippen LogP contribution is 2.32. The molecule has 110 valence electrons. The Bertz CT molecular complexity index is 743. The number of hydrogen-bond donors (Lipinski definition) is 2. The van der Waals surface area contributed by atoms with Gasteiger partial charge in [-0.05, 0) is 37.3 Å². The van der Waals surface area contributed by atoms with Gasteiger partial charge in [0.1, 0.15) is 5.82 Å². The van der Waals surface area contributed by atoms with Gasteiger partial charge in [-0.2, -0.15) is 0 Å². The normalized spacial score (nSPS) is 17.9. The van der Waals surface area contributed by atoms with Crippen LogP contribution in [0.1, 0.15) is 19.8 Å². The third-order valence-electron chi connectivity index (χ3n) is 4.46. The number of carboxylic acid groups (broad SMARTS) is 1. The molecule has 0 atom stereocenters. The molecule has 1 aromatic carbocycles. The van der Waals surface area contributed by atoms with E-state index >= 15 is 0 Å². The van der Waals surface area contributed by atoms with E-state index in [2.05, 4.69) is 9.88 Å². The zero-order valence-corrected chi connectivity index (χ0v) is 11.9. The van der Waals surface area contributed by atoms with Crippen LogP contribution in [-0.4, -0.2) is 29.1 Å². The molecule has 0 bridgehead atoms. The molecule has 1 aliphatic rings. The lowest BCUT2D eigenvalue weighted by atomic mass is 9.80. The van der Waals surface area contributed by atoms with Crippen LogP contribution in [0.2, 0.25) is 0 Å². The molecule has 0 aliphatic carbocycles. The second-order valence-electron chi connectivity index (χ2n) is 5.92. The molecule has 2 aromatic rings. The Morgan fingerprint density at radius 2 is 1.95 bits per heavy atom. The first kappa shape index (κ1) is 13.7. The lowest BCUT2D eigenvalue weighted by Crippen LogP contribution is -2.43. The topological polar surface area (TPSA) is 73.4 Å². The fourth-order valence-electron chi connectivity index (χ4n) is 2.82. The minimum Gasteiger partial charge on any atom is -0.481 e. The van der Waals surface area contributed by atoms with Crippen LogP contribution in [0.15, 0.2) is 35.1 Å². The van der Waals surface area contributed by atoms with Crippen LogP contribution >= 0.6 is 0 Å². The lowest BCUT2D eigenvalue weighted by molar-refractivity contribution is -0.149. The second kappa shape index (κ2) is 4.91. The molecule has 1 saturated heterocycles. The molecule has 1 aliphatic heterocycles. The smallest absolute Gasteiger partial charge is 0.309 e. The van der Waals surface area contributed by atoms with Crippen molar-refractivity contribution in [1.29, 1.82) is 0 Å². The maximum Gasteiger partial charge on any atom is 0.309 e. The quantitative estimate of drug-likeness (QED) is 0.887. The fraction of sp³-hybridized carbons (Fsp3) is 0.375. The summed E-state index contributed by atoms with van der Waals surface area (Å²) in [6.07, 6.45) is 1.16. The van der Waals surface area contributed by atoms with Gasteiger partial charge in [0.15, 0.2) is 0 Å². The highest BCUT2D eigenvalue weighted by molar-refractivity contribution is 5.83. The van der Waals surface area contributed by atoms with Gasteiger partial charge in [-0.1, -0.05) is 18.2 Å². The number of piperidine rings is 1. The Morgan fingerprint density at radius 1 is 1.29 bits per heavy atom. The molecule has 1 fully saturated rings. The molecule has 2 heterocycles. The molecule has 3 rings (SSSR count). The van der Waals surface area contributed by atoms with E-state index < -0.39 is 11.4 Å². The van der Waals surface area contributed by atoms with E-state index in [9.17, 15) is 14.7 Å². The van der Waals surface area contributed by atoms with Crippen molar-refractivity contribution in [1.82, 2.24) is 4.98 Å². The minimum atomic E-state index is -0.742. The van der Waals surface area contributed by atoms with Crippen LogP contribution in [0.25, 0.3) is 10.8 Å². The molecule has 2 N–H and O–H groups in total. The number of pyridine rings is 1. The van der Waals surface area contributed by atoms with Crippen molar-refractivity contribution < 1.29 is 9.90 Å². The number of fused-ring (bicyclic) bond motifs is 1. The number of anilines is 1. The molecular formula is C16H18N2O3. The van der Waals surface area contributed by atoms with Crippen molar-refractivity contribution in [3.8, 4) is 0 Å². The van der Waals surface area contributed by atoms with Gasteiger partial charge in [0, 0.05) is 18.5 Å². The molecular weight excluding hydrogens is 268 g/mol. The minimum absolute atomic E-state index is 0.102. The molecule has 0 amide bonds. The number of hydrogen-bond acceptors (Lipinski definition) is 3. The summed E-state index contributed by atoms with van der Waals surface area (Å²) in [6.45, 7) is 3.06. The van der Waals surface area contributed by atoms with Crippen LogP contribution in [0.4, 0.5) is 5.82 Å². The van der Waals surface area contributed by atoms with Crippen molar-refractivity contribution in [3.05, 3.63) is 40.7 Å². The van der Waals surface area contributed by atoms with Crippen LogP contribution in [0.5, 0.6) is 0 Å². The number of aromatic nitrogens is 1. The predicted octanol–water partition coefficient (Wildman–Crippen LogP) is 2.22. The van der Waals surface area contributed by atoms with Crippen molar-refractivity contribution in [3.63, 3.8) is 0 Å². The van der Waals surface area contributed by atoms with E-state index in [-0.39, 0.29) is 5.56 Å². The van der Waals surface area contributed by atoms with Gasteiger partial charge in [0.2, 0.25) is 0 Å². The summed E-state index contributed by atoms with van der Waals surface area (Å²) in [5, 5.41) is 10.8. The summed E-state index contributed by atoms with van der Waals surface area (Å²) in [7, 11) is 0. The summed E-state index contributed by atoms with van der Waals surface area (Å²) in [5.74, 6) is 0.0280. The molecule has 0 spiro atoms. The number of aromatic amines is 1. The first-order valence-corrected chi connectivity index (χ1v) is 7.10. The number of aliphatic carboxylic acids is 1. The third kappa shape index (κ3) is 2.39. The molecule has 1 aromatic heterocycles. The van der Waals surface area contributed by atoms with Crippen molar-refractivity contribution >= 4 is 22.6 Å². The highest BCUT2D eigenvalue weighted by atomic mass is 16.4. The summed E-state index contributed by atoms with van der Waals surface area (Å²) >= 11 is 0. The van der Waals surface area contributed by atoms with Crippen LogP contribution < -0.4 is 10.5 Å². The van der Waals surface area contributed by atoms with Gasteiger partial charge in [0.25, 0.3) is 5.56 Å². The standard InChI is InChI=1S/C16H18N2O3/c1-16(15(20)21)6-8-18(9-7-16)13-10-11-4-2-3-5-12(11)14(19)17-13/h2-5,10H,6-9H2,1H3,(H,17,19)(H,20,21). The highest BCUT2D eigenvalue weighted by Gasteiger charge is 2.37. The number of rotatable bonds is 2. The second-order valence-corrected chi connectivity index (χ2v) is 5.92. The summed E-state index contributed by atoms with van der Waals surface area (Å²) in [4.78, 5) is 28.3. The number of carboxylic acids is 1. The van der Waals surface area contributed by atoms with Crippen LogP contribution in [0, 0.1) is 5.41 Å². The van der Waals surface area contributed by atoms with Crippen LogP contribution in [0.3, 0.4) is 0 Å². The first-order valence-electron chi connectivity index (χ1n) is 7.10. The number of nitrogens with zero attached hydrogens (tertiary/aromatic N) is 1. The number of carbonyl (C=O) groups is 1. The average molecular weight is 286 g/mol. The maximum atomic E-state index is 12.1. The van der Waals surface area contributed by atoms with Crippen molar-refractivity contribution in [2.45, 2.75) is 19.8 Å². The van der Waals surface area contributed by atoms with E-state index in [1.165, 1.54) is 0 Å². The predicted molar refractivity (Wildman–Crippen MR) is 81.8 cm³/mol. The zero-order chi connectivity index (χ0) is 15.0. The SMILES string of the molecule is CC1(C(=O)O)CCN(c2cc3ccccc3c(=O)[nH]2)CC1. The number of H-pyrrole nitrogens is 1. The van der Waals surface area contributed by atoms with E-state index in [1.54, 1.807) is 13.0 Å². The first-order chi connectivity index (χ1) is 9.99. The Morgan fingerprint density at radius 3 is 2.62 bits per heavy atom. The summed E-state index contributed by atoms with van der Waals surface area (Å²) in [6, 6.07) is 9.43. The average Bonchev–Trinajstić information content (AvgIpc) is 2.48. The van der Waals surface area contributed by atoms with Gasteiger partial charge in [-0.25, -0.2) is 0 Å². The van der Waals surface area contributed by atoms with Crippen molar-refractivity contribution in [2.75, 3.05) is 18.0 Å². The fourth-order valence-corrected chi connectivity index (χ4v) is 2.82. The van der Waals surface area contributed by atoms with E-state index in [4.69, 9.17) is 0 Å². The van der Waals surface area contributed by atoms with E-state index in [0.717, 1.165) is 11.2 Å². The van der Waals surface area contributed by atoms with Gasteiger partial charge in [-0.3, -0.25) is 9.59 Å². The maximum absolute atomic E-state index is 12.1. The largest absolute Gasteiger partial charge is 0.481 e. The summed E-state index contributed by atoms with van der Waals surface area (Å²) < 4.78 is 0. The van der Waals surface area contributed by atoms with Crippen molar-refractivity contribution in [2.24, 2.45) is 5.41 Å². The third-order valence-corrected chi connectivity index (χ3v) is 4.46. The Kier molecular flexibility index (Phi) is 3.20. The molecule has 0 radical (unpaired) electrons. The molecule has 5 heteroatoms. The number of benzene rings is 1. The van der Waals surface area contributed by atoms with Gasteiger partial charge >= 0.3 is 5.97 Å². The van der Waals surface area contributed by atoms with E-state index in [0.29, 0.717) is 31.3 Å². The van der Waals surface area contributed by atoms with Gasteiger partial charge in [0.05, 0.1) is 5.41 Å². The zero-order valence-electron chi connectivity index (χ0n) is 11.9. The Labute approximate surface area is 122 Å². The van der Waals surface area contributed by atoms with Gasteiger partial charge < -0.3 is 15.0 Å². The Balaban J connectivity index is 1.89. The molecule has 0 unspecified atom stereocenters. The van der Waals surface area contributed by atoms with Gasteiger partial charge in [-0.15, -0.1) is 0 Å². The Hall–Kier alpha value is -2.30. The lowest BCUT2D eigenvalue weighted by Gasteiger charge is -2.37. The summed E-state index contributed by atoms with van der Waals surface area (Å²) in [5.41, 5.74) is -0.761. The molecule has 5 nitrogen and oxygen atoms in total. The van der Waals surface area contributed by atoms with Crippen LogP contribution in [-0.2, 0) is 4.79 Å². The molecule has 21 heavy (non-hydrogen) atoms. The number of nitrogens with one attached hydrogen (secondary N) is 1. The van der Waals surface area contributed by atoms with E-state index in [1.807, 2.05) is 24.3 Å². The molecule has 0 saturated carbocycles. The monoisotopic (exact) mass is 286 g/mol.